The molecule has 0 aliphatic heterocycles. The van der Waals surface area contributed by atoms with E-state index in [9.17, 15) is 18.0 Å². The molecule has 0 aliphatic carbocycles. The second-order valence-electron chi connectivity index (χ2n) is 8.47. The van der Waals surface area contributed by atoms with Crippen molar-refractivity contribution < 1.29 is 22.7 Å². The maximum Gasteiger partial charge on any atom is 0.244 e. The Labute approximate surface area is 202 Å². The highest BCUT2D eigenvalue weighted by Gasteiger charge is 2.30. The third-order valence-electron chi connectivity index (χ3n) is 5.66. The van der Waals surface area contributed by atoms with Gasteiger partial charge in [-0.2, -0.15) is 0 Å². The number of nitrogens with zero attached hydrogens (tertiary/aromatic N) is 2. The minimum absolute atomic E-state index is 0.0520. The van der Waals surface area contributed by atoms with Gasteiger partial charge in [-0.25, -0.2) is 8.42 Å². The summed E-state index contributed by atoms with van der Waals surface area (Å²) in [6.07, 6.45) is 1.81. The number of amides is 2. The quantitative estimate of drug-likeness (QED) is 0.523. The normalized spacial score (nSPS) is 13.0. The van der Waals surface area contributed by atoms with Gasteiger partial charge >= 0.3 is 0 Å². The van der Waals surface area contributed by atoms with Crippen molar-refractivity contribution in [2.45, 2.75) is 52.7 Å². The summed E-state index contributed by atoms with van der Waals surface area (Å²) in [6, 6.07) is 13.2. The zero-order valence-electron chi connectivity index (χ0n) is 20.7. The molecule has 2 aromatic carbocycles. The summed E-state index contributed by atoms with van der Waals surface area (Å²) in [5.41, 5.74) is 2.12. The van der Waals surface area contributed by atoms with Crippen LogP contribution in [0.5, 0.6) is 5.75 Å². The number of ether oxygens (including phenoxy) is 1. The van der Waals surface area contributed by atoms with Crippen LogP contribution in [0.4, 0.5) is 5.69 Å². The van der Waals surface area contributed by atoms with Crippen LogP contribution in [0.1, 0.15) is 38.3 Å². The number of anilines is 1. The van der Waals surface area contributed by atoms with Crippen molar-refractivity contribution in [3.05, 3.63) is 59.7 Å². The Morgan fingerprint density at radius 1 is 1.09 bits per heavy atom. The average molecular weight is 490 g/mol. The van der Waals surface area contributed by atoms with Gasteiger partial charge < -0.3 is 15.0 Å². The molecule has 0 aliphatic rings. The van der Waals surface area contributed by atoms with E-state index in [0.717, 1.165) is 28.1 Å². The monoisotopic (exact) mass is 489 g/mol. The number of nitrogens with one attached hydrogen (secondary N) is 1. The Bertz CT molecular complexity index is 1090. The Balaban J connectivity index is 2.39. The molecule has 0 spiro atoms. The summed E-state index contributed by atoms with van der Waals surface area (Å²) in [5, 5.41) is 2.91. The summed E-state index contributed by atoms with van der Waals surface area (Å²) in [7, 11) is -2.20. The lowest BCUT2D eigenvalue weighted by Gasteiger charge is -2.32. The van der Waals surface area contributed by atoms with Crippen LogP contribution in [0.2, 0.25) is 0 Å². The van der Waals surface area contributed by atoms with Gasteiger partial charge in [-0.1, -0.05) is 36.8 Å². The lowest BCUT2D eigenvalue weighted by molar-refractivity contribution is -0.139. The van der Waals surface area contributed by atoms with E-state index in [1.165, 1.54) is 4.90 Å². The number of benzene rings is 2. The first-order valence-electron chi connectivity index (χ1n) is 11.2. The van der Waals surface area contributed by atoms with E-state index in [-0.39, 0.29) is 18.5 Å². The number of hydrogen-bond acceptors (Lipinski definition) is 5. The molecule has 0 unspecified atom stereocenters. The van der Waals surface area contributed by atoms with E-state index in [1.54, 1.807) is 56.5 Å². The maximum atomic E-state index is 13.5. The van der Waals surface area contributed by atoms with Gasteiger partial charge in [0.25, 0.3) is 0 Å². The molecule has 34 heavy (non-hydrogen) atoms. The summed E-state index contributed by atoms with van der Waals surface area (Å²) in [5.74, 6) is -0.161. The van der Waals surface area contributed by atoms with Gasteiger partial charge in [0.05, 0.1) is 19.1 Å². The molecule has 0 radical (unpaired) electrons. The van der Waals surface area contributed by atoms with Crippen molar-refractivity contribution >= 4 is 27.5 Å². The van der Waals surface area contributed by atoms with Crippen molar-refractivity contribution in [2.24, 2.45) is 0 Å². The van der Waals surface area contributed by atoms with E-state index >= 15 is 0 Å². The highest BCUT2D eigenvalue weighted by atomic mass is 32.2. The Hall–Kier alpha value is -3.07. The number of aryl methyl sites for hydroxylation is 1. The number of methoxy groups -OCH3 is 1. The predicted octanol–water partition coefficient (Wildman–Crippen LogP) is 3.10. The van der Waals surface area contributed by atoms with Crippen LogP contribution in [0.25, 0.3) is 0 Å². The fourth-order valence-corrected chi connectivity index (χ4v) is 4.19. The van der Waals surface area contributed by atoms with Gasteiger partial charge in [0, 0.05) is 12.6 Å². The maximum absolute atomic E-state index is 13.5. The van der Waals surface area contributed by atoms with Gasteiger partial charge in [-0.15, -0.1) is 0 Å². The molecule has 9 heteroatoms. The van der Waals surface area contributed by atoms with E-state index < -0.39 is 28.5 Å². The molecule has 0 fully saturated rings. The first-order chi connectivity index (χ1) is 16.0. The minimum Gasteiger partial charge on any atom is -0.497 e. The number of rotatable bonds is 11. The van der Waals surface area contributed by atoms with Gasteiger partial charge in [-0.3, -0.25) is 13.9 Å². The van der Waals surface area contributed by atoms with Gasteiger partial charge in [0.15, 0.2) is 0 Å². The van der Waals surface area contributed by atoms with E-state index in [2.05, 4.69) is 5.32 Å². The lowest BCUT2D eigenvalue weighted by Crippen LogP contribution is -2.52. The molecule has 2 aromatic rings. The molecule has 2 atom stereocenters. The summed E-state index contributed by atoms with van der Waals surface area (Å²) in [4.78, 5) is 27.8. The lowest BCUT2D eigenvalue weighted by atomic mass is 10.1. The molecule has 2 rings (SSSR count). The van der Waals surface area contributed by atoms with E-state index in [0.29, 0.717) is 11.4 Å². The van der Waals surface area contributed by atoms with E-state index in [4.69, 9.17) is 4.74 Å². The Morgan fingerprint density at radius 3 is 2.29 bits per heavy atom. The molecule has 8 nitrogen and oxygen atoms in total. The standard InChI is InChI=1S/C25H35N3O5S/c1-7-19(3)26-25(30)20(4)27(16-21-9-8-10-23(15-21)33-5)24(29)17-28(34(6,31)32)22-13-11-18(2)12-14-22/h8-15,19-20H,7,16-17H2,1-6H3,(H,26,30)/t19-,20+/m1/s1. The van der Waals surface area contributed by atoms with Crippen molar-refractivity contribution in [3.63, 3.8) is 0 Å². The summed E-state index contributed by atoms with van der Waals surface area (Å²) >= 11 is 0. The van der Waals surface area contributed by atoms with Crippen LogP contribution in [0, 0.1) is 6.92 Å². The van der Waals surface area contributed by atoms with Gasteiger partial charge in [0.1, 0.15) is 18.3 Å². The molecule has 0 saturated heterocycles. The molecule has 0 heterocycles. The van der Waals surface area contributed by atoms with Crippen LogP contribution in [0.15, 0.2) is 48.5 Å². The Morgan fingerprint density at radius 2 is 1.74 bits per heavy atom. The Kier molecular flexibility index (Phi) is 9.49. The molecule has 1 N–H and O–H groups in total. The minimum atomic E-state index is -3.75. The highest BCUT2D eigenvalue weighted by molar-refractivity contribution is 7.92. The van der Waals surface area contributed by atoms with Crippen molar-refractivity contribution in [3.8, 4) is 5.75 Å². The molecule has 2 amide bonds. The zero-order chi connectivity index (χ0) is 25.5. The number of sulfonamides is 1. The fourth-order valence-electron chi connectivity index (χ4n) is 3.34. The highest BCUT2D eigenvalue weighted by Crippen LogP contribution is 2.20. The second-order valence-corrected chi connectivity index (χ2v) is 10.4. The van der Waals surface area contributed by atoms with Crippen LogP contribution in [-0.4, -0.2) is 57.1 Å². The van der Waals surface area contributed by atoms with Gasteiger partial charge in [-0.05, 0) is 57.0 Å². The van der Waals surface area contributed by atoms with Gasteiger partial charge in [0.2, 0.25) is 21.8 Å². The molecular formula is C25H35N3O5S. The van der Waals surface area contributed by atoms with Crippen LogP contribution in [0.3, 0.4) is 0 Å². The smallest absolute Gasteiger partial charge is 0.244 e. The molecule has 0 bridgehead atoms. The number of carbonyl (C=O) groups excluding carboxylic acids is 2. The first-order valence-corrected chi connectivity index (χ1v) is 13.1. The molecular weight excluding hydrogens is 454 g/mol. The topological polar surface area (TPSA) is 96.0 Å². The van der Waals surface area contributed by atoms with Crippen LogP contribution < -0.4 is 14.4 Å². The molecule has 186 valence electrons. The average Bonchev–Trinajstić information content (AvgIpc) is 2.80. The zero-order valence-corrected chi connectivity index (χ0v) is 21.6. The van der Waals surface area contributed by atoms with Crippen molar-refractivity contribution in [1.29, 1.82) is 0 Å². The SMILES string of the molecule is CC[C@@H](C)NC(=O)[C@H](C)N(Cc1cccc(OC)c1)C(=O)CN(c1ccc(C)cc1)S(C)(=O)=O. The van der Waals surface area contributed by atoms with E-state index in [1.807, 2.05) is 26.8 Å². The predicted molar refractivity (Wildman–Crippen MR) is 134 cm³/mol. The van der Waals surface area contributed by atoms with Crippen molar-refractivity contribution in [2.75, 3.05) is 24.2 Å². The van der Waals surface area contributed by atoms with Crippen molar-refractivity contribution in [1.82, 2.24) is 10.2 Å². The van der Waals surface area contributed by atoms with Crippen LogP contribution >= 0.6 is 0 Å². The summed E-state index contributed by atoms with van der Waals surface area (Å²) in [6.45, 7) is 7.09. The third-order valence-corrected chi connectivity index (χ3v) is 6.80. The molecule has 0 saturated carbocycles. The van der Waals surface area contributed by atoms with Crippen LogP contribution in [-0.2, 0) is 26.2 Å². The molecule has 0 aromatic heterocycles. The largest absolute Gasteiger partial charge is 0.497 e. The first kappa shape index (κ1) is 27.2. The summed E-state index contributed by atoms with van der Waals surface area (Å²) < 4.78 is 31.5. The number of carbonyl (C=O) groups is 2. The third kappa shape index (κ3) is 7.48. The second kappa shape index (κ2) is 11.9. The number of hydrogen-bond donors (Lipinski definition) is 1. The fraction of sp³-hybridized carbons (Fsp3) is 0.440.